The molecular weight excluding hydrogens is 332 g/mol. The minimum Gasteiger partial charge on any atom is -0.496 e. The summed E-state index contributed by atoms with van der Waals surface area (Å²) in [6.45, 7) is 2.28. The van der Waals surface area contributed by atoms with Crippen LogP contribution < -0.4 is 19.5 Å². The van der Waals surface area contributed by atoms with Crippen LogP contribution >= 0.6 is 11.8 Å². The number of carbonyl (C=O) groups excluding carboxylic acids is 2. The highest BCUT2D eigenvalue weighted by atomic mass is 32.2. The maximum atomic E-state index is 12.2. The summed E-state index contributed by atoms with van der Waals surface area (Å²) in [4.78, 5) is 25.0. The lowest BCUT2D eigenvalue weighted by molar-refractivity contribution is -0.128. The molecule has 2 rings (SSSR count). The molecule has 132 valence electrons. The third kappa shape index (κ3) is 3.87. The Morgan fingerprint density at radius 1 is 1.25 bits per heavy atom. The van der Waals surface area contributed by atoms with Crippen molar-refractivity contribution in [2.75, 3.05) is 40.2 Å². The first kappa shape index (κ1) is 18.3. The van der Waals surface area contributed by atoms with Crippen molar-refractivity contribution in [1.29, 1.82) is 0 Å². The van der Waals surface area contributed by atoms with Gasteiger partial charge in [-0.25, -0.2) is 0 Å². The fraction of sp³-hybridized carbons (Fsp3) is 0.500. The molecule has 1 unspecified atom stereocenters. The summed E-state index contributed by atoms with van der Waals surface area (Å²) in [5.41, 5.74) is 0.791. The molecule has 24 heavy (non-hydrogen) atoms. The van der Waals surface area contributed by atoms with Crippen LogP contribution in [-0.4, -0.2) is 56.9 Å². The fourth-order valence-electron chi connectivity index (χ4n) is 2.56. The van der Waals surface area contributed by atoms with Gasteiger partial charge in [0, 0.05) is 32.1 Å². The number of ether oxygens (including phenoxy) is 3. The van der Waals surface area contributed by atoms with Crippen molar-refractivity contribution in [2.45, 2.75) is 12.3 Å². The molecule has 1 N–H and O–H groups in total. The molecule has 0 bridgehead atoms. The Labute approximate surface area is 145 Å². The van der Waals surface area contributed by atoms with E-state index in [4.69, 9.17) is 14.2 Å². The SMILES string of the molecule is COc1cc(OC)c(C2SCC(=O)N2CCNC(C)=O)c(OC)c1. The molecular formula is C16H22N2O5S. The zero-order valence-electron chi connectivity index (χ0n) is 14.3. The second-order valence-electron chi connectivity index (χ2n) is 5.18. The minimum absolute atomic E-state index is 0.0234. The molecule has 1 aromatic rings. The first-order valence-corrected chi connectivity index (χ1v) is 8.52. The Bertz CT molecular complexity index is 597. The molecule has 1 heterocycles. The zero-order chi connectivity index (χ0) is 17.7. The smallest absolute Gasteiger partial charge is 0.233 e. The predicted octanol–water partition coefficient (Wildman–Crippen LogP) is 1.42. The molecule has 2 amide bonds. The average molecular weight is 354 g/mol. The number of rotatable bonds is 7. The Kier molecular flexibility index (Phi) is 6.19. The molecule has 1 fully saturated rings. The van der Waals surface area contributed by atoms with Crippen molar-refractivity contribution in [3.63, 3.8) is 0 Å². The van der Waals surface area contributed by atoms with Gasteiger partial charge >= 0.3 is 0 Å². The molecule has 8 heteroatoms. The highest BCUT2D eigenvalue weighted by Crippen LogP contribution is 2.48. The monoisotopic (exact) mass is 354 g/mol. The summed E-state index contributed by atoms with van der Waals surface area (Å²) >= 11 is 1.51. The van der Waals surface area contributed by atoms with E-state index in [1.165, 1.54) is 18.7 Å². The number of hydrogen-bond acceptors (Lipinski definition) is 6. The molecule has 1 atom stereocenters. The standard InChI is InChI=1S/C16H22N2O5S/c1-10(19)17-5-6-18-14(20)9-24-16(18)15-12(22-3)7-11(21-2)8-13(15)23-4/h7-8,16H,5-6,9H2,1-4H3,(H,17,19). The van der Waals surface area contributed by atoms with Crippen LogP contribution in [0.15, 0.2) is 12.1 Å². The first-order chi connectivity index (χ1) is 11.5. The molecule has 0 aliphatic carbocycles. The summed E-state index contributed by atoms with van der Waals surface area (Å²) in [5, 5.41) is 2.48. The van der Waals surface area contributed by atoms with Gasteiger partial charge in [0.2, 0.25) is 11.8 Å². The molecule has 0 aromatic heterocycles. The highest BCUT2D eigenvalue weighted by molar-refractivity contribution is 8.00. The van der Waals surface area contributed by atoms with Crippen LogP contribution in [0.2, 0.25) is 0 Å². The van der Waals surface area contributed by atoms with Crippen LogP contribution in [0.4, 0.5) is 0 Å². The number of carbonyl (C=O) groups is 2. The first-order valence-electron chi connectivity index (χ1n) is 7.47. The lowest BCUT2D eigenvalue weighted by atomic mass is 10.1. The Hall–Kier alpha value is -2.09. The topological polar surface area (TPSA) is 77.1 Å². The maximum absolute atomic E-state index is 12.2. The Balaban J connectivity index is 2.33. The van der Waals surface area contributed by atoms with Gasteiger partial charge in [0.05, 0.1) is 32.6 Å². The van der Waals surface area contributed by atoms with Crippen molar-refractivity contribution in [1.82, 2.24) is 10.2 Å². The van der Waals surface area contributed by atoms with Gasteiger partial charge in [0.25, 0.3) is 0 Å². The minimum atomic E-state index is -0.234. The quantitative estimate of drug-likeness (QED) is 0.798. The molecule has 1 aliphatic heterocycles. The van der Waals surface area contributed by atoms with E-state index in [0.29, 0.717) is 36.1 Å². The normalized spacial score (nSPS) is 16.9. The predicted molar refractivity (Wildman–Crippen MR) is 91.7 cm³/mol. The van der Waals surface area contributed by atoms with Crippen molar-refractivity contribution >= 4 is 23.6 Å². The van der Waals surface area contributed by atoms with E-state index in [2.05, 4.69) is 5.32 Å². The van der Waals surface area contributed by atoms with E-state index >= 15 is 0 Å². The number of thioether (sulfide) groups is 1. The molecule has 0 spiro atoms. The molecule has 0 saturated carbocycles. The van der Waals surface area contributed by atoms with Gasteiger partial charge in [0.1, 0.15) is 22.6 Å². The lowest BCUT2D eigenvalue weighted by Crippen LogP contribution is -2.36. The van der Waals surface area contributed by atoms with Crippen LogP contribution in [0.5, 0.6) is 17.2 Å². The van der Waals surface area contributed by atoms with Crippen molar-refractivity contribution in [2.24, 2.45) is 0 Å². The van der Waals surface area contributed by atoms with Gasteiger partial charge in [-0.15, -0.1) is 11.8 Å². The summed E-state index contributed by atoms with van der Waals surface area (Å²) in [6, 6.07) is 3.54. The summed E-state index contributed by atoms with van der Waals surface area (Å²) < 4.78 is 16.2. The van der Waals surface area contributed by atoms with Gasteiger partial charge in [-0.1, -0.05) is 0 Å². The second-order valence-corrected chi connectivity index (χ2v) is 6.25. The van der Waals surface area contributed by atoms with Crippen LogP contribution in [0, 0.1) is 0 Å². The lowest BCUT2D eigenvalue weighted by Gasteiger charge is -2.27. The van der Waals surface area contributed by atoms with E-state index in [9.17, 15) is 9.59 Å². The van der Waals surface area contributed by atoms with Crippen LogP contribution in [0.3, 0.4) is 0 Å². The summed E-state index contributed by atoms with van der Waals surface area (Å²) in [5.74, 6) is 2.10. The Morgan fingerprint density at radius 3 is 2.38 bits per heavy atom. The molecule has 1 aliphatic rings. The number of nitrogens with zero attached hydrogens (tertiary/aromatic N) is 1. The van der Waals surface area contributed by atoms with E-state index in [1.807, 2.05) is 0 Å². The molecule has 1 aromatic carbocycles. The van der Waals surface area contributed by atoms with Crippen molar-refractivity contribution in [3.05, 3.63) is 17.7 Å². The van der Waals surface area contributed by atoms with Gasteiger partial charge in [0.15, 0.2) is 0 Å². The van der Waals surface area contributed by atoms with Crippen molar-refractivity contribution in [3.8, 4) is 17.2 Å². The largest absolute Gasteiger partial charge is 0.496 e. The van der Waals surface area contributed by atoms with Gasteiger partial charge in [-0.05, 0) is 0 Å². The van der Waals surface area contributed by atoms with E-state index in [-0.39, 0.29) is 17.2 Å². The highest BCUT2D eigenvalue weighted by Gasteiger charge is 2.36. The van der Waals surface area contributed by atoms with Gasteiger partial charge < -0.3 is 24.4 Å². The number of amides is 2. The van der Waals surface area contributed by atoms with Crippen molar-refractivity contribution < 1.29 is 23.8 Å². The zero-order valence-corrected chi connectivity index (χ0v) is 15.1. The summed E-state index contributed by atoms with van der Waals surface area (Å²) in [7, 11) is 4.71. The van der Waals surface area contributed by atoms with E-state index in [1.54, 1.807) is 38.4 Å². The second kappa shape index (κ2) is 8.14. The maximum Gasteiger partial charge on any atom is 0.233 e. The van der Waals surface area contributed by atoms with Crippen LogP contribution in [-0.2, 0) is 9.59 Å². The number of methoxy groups -OCH3 is 3. The summed E-state index contributed by atoms with van der Waals surface area (Å²) in [6.07, 6.45) is 0. The van der Waals surface area contributed by atoms with Gasteiger partial charge in [-0.3, -0.25) is 9.59 Å². The van der Waals surface area contributed by atoms with E-state index in [0.717, 1.165) is 5.56 Å². The number of nitrogens with one attached hydrogen (secondary N) is 1. The molecule has 0 radical (unpaired) electrons. The number of hydrogen-bond donors (Lipinski definition) is 1. The molecule has 7 nitrogen and oxygen atoms in total. The number of benzene rings is 1. The van der Waals surface area contributed by atoms with Gasteiger partial charge in [-0.2, -0.15) is 0 Å². The average Bonchev–Trinajstić information content (AvgIpc) is 2.93. The van der Waals surface area contributed by atoms with Crippen LogP contribution in [0.25, 0.3) is 0 Å². The fourth-order valence-corrected chi connectivity index (χ4v) is 3.83. The third-order valence-corrected chi connectivity index (χ3v) is 4.91. The third-order valence-electron chi connectivity index (χ3n) is 3.69. The Morgan fingerprint density at radius 2 is 1.88 bits per heavy atom. The van der Waals surface area contributed by atoms with E-state index < -0.39 is 0 Å². The van der Waals surface area contributed by atoms with Crippen LogP contribution in [0.1, 0.15) is 17.9 Å². The molecule has 1 saturated heterocycles.